The molecule has 2 N–H and O–H groups in total. The molecule has 112 valence electrons. The molecule has 1 aliphatic heterocycles. The van der Waals surface area contributed by atoms with Crippen LogP contribution >= 0.6 is 0 Å². The Hall–Kier alpha value is -1.19. The number of anilines is 1. The first-order valence-corrected chi connectivity index (χ1v) is 9.35. The third kappa shape index (κ3) is 3.10. The normalized spacial score (nSPS) is 25.5. The lowest BCUT2D eigenvalue weighted by Gasteiger charge is -2.24. The maximum absolute atomic E-state index is 12.4. The Balaban J connectivity index is 2.33. The zero-order valence-corrected chi connectivity index (χ0v) is 12.9. The Morgan fingerprint density at radius 2 is 2.10 bits per heavy atom. The van der Waals surface area contributed by atoms with Crippen molar-refractivity contribution in [2.45, 2.75) is 23.8 Å². The predicted molar refractivity (Wildman–Crippen MR) is 75.8 cm³/mol. The fourth-order valence-electron chi connectivity index (χ4n) is 2.27. The number of sulfone groups is 1. The molecule has 1 unspecified atom stereocenters. The molecule has 9 heteroatoms. The zero-order valence-electron chi connectivity index (χ0n) is 11.3. The van der Waals surface area contributed by atoms with Crippen molar-refractivity contribution in [2.75, 3.05) is 23.9 Å². The minimum Gasteiger partial charge on any atom is -0.372 e. The topological polar surface area (TPSA) is 105 Å². The van der Waals surface area contributed by atoms with E-state index in [4.69, 9.17) is 0 Å². The van der Waals surface area contributed by atoms with E-state index in [-0.39, 0.29) is 28.6 Å². The molecule has 1 fully saturated rings. The number of rotatable bonds is 4. The van der Waals surface area contributed by atoms with Crippen LogP contribution in [-0.4, -0.2) is 45.9 Å². The standard InChI is InChI=1S/C11H17N3O4S2/c1-11(5-7-19(15,16)8-11)14-20(17,18)9-4-3-6-13-10(9)12-2/h3-4,6,14H,5,7-8H2,1-2H3,(H,12,13). The summed E-state index contributed by atoms with van der Waals surface area (Å²) in [6, 6.07) is 2.94. The van der Waals surface area contributed by atoms with E-state index >= 15 is 0 Å². The summed E-state index contributed by atoms with van der Waals surface area (Å²) in [6.07, 6.45) is 1.75. The molecule has 0 radical (unpaired) electrons. The smallest absolute Gasteiger partial charge is 0.244 e. The maximum atomic E-state index is 12.4. The number of pyridine rings is 1. The van der Waals surface area contributed by atoms with Gasteiger partial charge in [0.05, 0.1) is 11.5 Å². The molecular formula is C11H17N3O4S2. The monoisotopic (exact) mass is 319 g/mol. The van der Waals surface area contributed by atoms with Crippen LogP contribution in [0.5, 0.6) is 0 Å². The van der Waals surface area contributed by atoms with Gasteiger partial charge < -0.3 is 5.32 Å². The van der Waals surface area contributed by atoms with Gasteiger partial charge >= 0.3 is 0 Å². The summed E-state index contributed by atoms with van der Waals surface area (Å²) in [4.78, 5) is 3.95. The molecule has 1 saturated heterocycles. The molecule has 2 rings (SSSR count). The van der Waals surface area contributed by atoms with Crippen LogP contribution in [0, 0.1) is 0 Å². The van der Waals surface area contributed by atoms with Gasteiger partial charge in [-0.1, -0.05) is 0 Å². The summed E-state index contributed by atoms with van der Waals surface area (Å²) in [5.74, 6) is 0.0382. The van der Waals surface area contributed by atoms with Crippen LogP contribution in [0.3, 0.4) is 0 Å². The fraction of sp³-hybridized carbons (Fsp3) is 0.545. The minimum absolute atomic E-state index is 0.00204. The average Bonchev–Trinajstić information content (AvgIpc) is 2.62. The van der Waals surface area contributed by atoms with Gasteiger partial charge in [-0.2, -0.15) is 0 Å². The molecule has 1 aromatic heterocycles. The molecular weight excluding hydrogens is 302 g/mol. The van der Waals surface area contributed by atoms with E-state index in [1.165, 1.54) is 18.3 Å². The van der Waals surface area contributed by atoms with Crippen molar-refractivity contribution in [3.05, 3.63) is 18.3 Å². The minimum atomic E-state index is -3.83. The van der Waals surface area contributed by atoms with E-state index < -0.39 is 25.4 Å². The Bertz CT molecular complexity index is 715. The Labute approximate surface area is 118 Å². The largest absolute Gasteiger partial charge is 0.372 e. The summed E-state index contributed by atoms with van der Waals surface area (Å²) in [6.45, 7) is 1.60. The summed E-state index contributed by atoms with van der Waals surface area (Å²) < 4.78 is 50.4. The van der Waals surface area contributed by atoms with Crippen molar-refractivity contribution >= 4 is 25.7 Å². The highest BCUT2D eigenvalue weighted by Gasteiger charge is 2.41. The van der Waals surface area contributed by atoms with Crippen molar-refractivity contribution in [1.82, 2.24) is 9.71 Å². The van der Waals surface area contributed by atoms with E-state index in [9.17, 15) is 16.8 Å². The van der Waals surface area contributed by atoms with Crippen LogP contribution in [0.1, 0.15) is 13.3 Å². The third-order valence-electron chi connectivity index (χ3n) is 3.18. The van der Waals surface area contributed by atoms with Crippen LogP contribution in [0.15, 0.2) is 23.2 Å². The van der Waals surface area contributed by atoms with Gasteiger partial charge in [-0.3, -0.25) is 0 Å². The summed E-state index contributed by atoms with van der Waals surface area (Å²) in [5.41, 5.74) is -0.974. The fourth-order valence-corrected chi connectivity index (χ4v) is 6.05. The average molecular weight is 319 g/mol. The molecule has 20 heavy (non-hydrogen) atoms. The van der Waals surface area contributed by atoms with Crippen LogP contribution < -0.4 is 10.0 Å². The van der Waals surface area contributed by atoms with Crippen LogP contribution in [0.25, 0.3) is 0 Å². The SMILES string of the molecule is CNc1ncccc1S(=O)(=O)NC1(C)CCS(=O)(=O)C1. The Kier molecular flexibility index (Phi) is 3.78. The number of nitrogens with one attached hydrogen (secondary N) is 2. The van der Waals surface area contributed by atoms with E-state index in [1.807, 2.05) is 0 Å². The van der Waals surface area contributed by atoms with Crippen molar-refractivity contribution in [3.8, 4) is 0 Å². The number of sulfonamides is 1. The molecule has 0 spiro atoms. The van der Waals surface area contributed by atoms with E-state index in [2.05, 4.69) is 15.0 Å². The number of nitrogens with zero attached hydrogens (tertiary/aromatic N) is 1. The van der Waals surface area contributed by atoms with Gasteiger partial charge in [0.15, 0.2) is 9.84 Å². The molecule has 0 aliphatic carbocycles. The third-order valence-corrected chi connectivity index (χ3v) is 6.75. The second kappa shape index (κ2) is 4.97. The maximum Gasteiger partial charge on any atom is 0.244 e. The number of hydrogen-bond donors (Lipinski definition) is 2. The molecule has 7 nitrogen and oxygen atoms in total. The van der Waals surface area contributed by atoms with E-state index in [0.29, 0.717) is 0 Å². The van der Waals surface area contributed by atoms with Gasteiger partial charge in [0.2, 0.25) is 10.0 Å². The first-order valence-electron chi connectivity index (χ1n) is 6.05. The van der Waals surface area contributed by atoms with Crippen molar-refractivity contribution in [3.63, 3.8) is 0 Å². The highest BCUT2D eigenvalue weighted by molar-refractivity contribution is 7.92. The second-order valence-corrected chi connectivity index (χ2v) is 8.94. The van der Waals surface area contributed by atoms with Crippen molar-refractivity contribution in [1.29, 1.82) is 0 Å². The molecule has 1 aromatic rings. The molecule has 0 bridgehead atoms. The molecule has 1 atom stereocenters. The van der Waals surface area contributed by atoms with Gasteiger partial charge in [0, 0.05) is 18.8 Å². The van der Waals surface area contributed by atoms with Crippen molar-refractivity contribution < 1.29 is 16.8 Å². The Morgan fingerprint density at radius 1 is 1.40 bits per heavy atom. The first-order chi connectivity index (χ1) is 9.18. The highest BCUT2D eigenvalue weighted by atomic mass is 32.2. The quantitative estimate of drug-likeness (QED) is 0.808. The second-order valence-electron chi connectivity index (χ2n) is 5.11. The van der Waals surface area contributed by atoms with Gasteiger partial charge in [-0.15, -0.1) is 0 Å². The molecule has 0 saturated carbocycles. The molecule has 0 amide bonds. The molecule has 0 aromatic carbocycles. The summed E-state index contributed by atoms with van der Waals surface area (Å²) >= 11 is 0. The first kappa shape index (κ1) is 15.2. The lowest BCUT2D eigenvalue weighted by molar-refractivity contribution is 0.462. The van der Waals surface area contributed by atoms with Crippen LogP contribution in [-0.2, 0) is 19.9 Å². The van der Waals surface area contributed by atoms with Gasteiger partial charge in [-0.25, -0.2) is 26.5 Å². The van der Waals surface area contributed by atoms with Crippen LogP contribution in [0.4, 0.5) is 5.82 Å². The molecule has 2 heterocycles. The number of hydrogen-bond acceptors (Lipinski definition) is 6. The van der Waals surface area contributed by atoms with Gasteiger partial charge in [-0.05, 0) is 25.5 Å². The predicted octanol–water partition coefficient (Wildman–Crippen LogP) is -0.0212. The lowest BCUT2D eigenvalue weighted by atomic mass is 10.0. The van der Waals surface area contributed by atoms with Gasteiger partial charge in [0.1, 0.15) is 10.7 Å². The number of aromatic nitrogens is 1. The van der Waals surface area contributed by atoms with E-state index in [1.54, 1.807) is 14.0 Å². The molecule has 1 aliphatic rings. The van der Waals surface area contributed by atoms with Gasteiger partial charge in [0.25, 0.3) is 0 Å². The van der Waals surface area contributed by atoms with Crippen LogP contribution in [0.2, 0.25) is 0 Å². The Morgan fingerprint density at radius 3 is 2.65 bits per heavy atom. The highest BCUT2D eigenvalue weighted by Crippen LogP contribution is 2.26. The summed E-state index contributed by atoms with van der Waals surface area (Å²) in [7, 11) is -5.44. The zero-order chi connectivity index (χ0) is 15.0. The summed E-state index contributed by atoms with van der Waals surface area (Å²) in [5, 5.41) is 2.71. The van der Waals surface area contributed by atoms with E-state index in [0.717, 1.165) is 0 Å². The van der Waals surface area contributed by atoms with Crippen molar-refractivity contribution in [2.24, 2.45) is 0 Å². The lowest BCUT2D eigenvalue weighted by Crippen LogP contribution is -2.46.